The van der Waals surface area contributed by atoms with Crippen molar-refractivity contribution in [3.63, 3.8) is 0 Å². The number of rotatable bonds is 7. The van der Waals surface area contributed by atoms with Crippen molar-refractivity contribution in [1.29, 1.82) is 0 Å². The second kappa shape index (κ2) is 11.2. The minimum atomic E-state index is -3.89. The minimum absolute atomic E-state index is 0.0167. The molecule has 0 radical (unpaired) electrons. The lowest BCUT2D eigenvalue weighted by molar-refractivity contribution is 0.0603. The summed E-state index contributed by atoms with van der Waals surface area (Å²) in [6.07, 6.45) is 0. The van der Waals surface area contributed by atoms with Crippen LogP contribution < -0.4 is 15.4 Å². The SMILES string of the molecule is COC(=O)c1c(NC(=S)Nc2ccc(S(=O)(=O)Nc3ccc(Cl)nn3)cc2)sc(C)c1-c1ccccc1. The molecule has 2 aromatic heterocycles. The van der Waals surface area contributed by atoms with Gasteiger partial charge < -0.3 is 15.4 Å². The van der Waals surface area contributed by atoms with E-state index in [-0.39, 0.29) is 21.0 Å². The first-order valence-corrected chi connectivity index (χ1v) is 13.7. The van der Waals surface area contributed by atoms with Gasteiger partial charge in [-0.05, 0) is 61.1 Å². The van der Waals surface area contributed by atoms with E-state index < -0.39 is 16.0 Å². The van der Waals surface area contributed by atoms with Gasteiger partial charge in [0.2, 0.25) is 0 Å². The summed E-state index contributed by atoms with van der Waals surface area (Å²) in [5.74, 6) is -0.444. The summed E-state index contributed by atoms with van der Waals surface area (Å²) >= 11 is 12.5. The van der Waals surface area contributed by atoms with Crippen LogP contribution in [0, 0.1) is 6.92 Å². The average Bonchev–Trinajstić information content (AvgIpc) is 3.20. The maximum atomic E-state index is 12.7. The van der Waals surface area contributed by atoms with E-state index in [2.05, 4.69) is 25.6 Å². The average molecular weight is 574 g/mol. The molecule has 4 aromatic rings. The largest absolute Gasteiger partial charge is 0.465 e. The normalized spacial score (nSPS) is 11.0. The number of halogens is 1. The molecule has 0 saturated carbocycles. The van der Waals surface area contributed by atoms with Gasteiger partial charge in [-0.2, -0.15) is 0 Å². The molecule has 3 N–H and O–H groups in total. The smallest absolute Gasteiger partial charge is 0.341 e. The van der Waals surface area contributed by atoms with Gasteiger partial charge in [0, 0.05) is 16.1 Å². The van der Waals surface area contributed by atoms with Gasteiger partial charge in [-0.15, -0.1) is 21.5 Å². The van der Waals surface area contributed by atoms with E-state index in [1.165, 1.54) is 42.7 Å². The second-order valence-corrected chi connectivity index (χ2v) is 11.2. The number of nitrogens with one attached hydrogen (secondary N) is 3. The summed E-state index contributed by atoms with van der Waals surface area (Å²) in [7, 11) is -2.56. The van der Waals surface area contributed by atoms with E-state index in [0.29, 0.717) is 16.3 Å². The van der Waals surface area contributed by atoms with Crippen molar-refractivity contribution in [2.75, 3.05) is 22.5 Å². The van der Waals surface area contributed by atoms with Crippen LogP contribution in [0.2, 0.25) is 5.15 Å². The van der Waals surface area contributed by atoms with Crippen molar-refractivity contribution in [1.82, 2.24) is 10.2 Å². The summed E-state index contributed by atoms with van der Waals surface area (Å²) in [5, 5.41) is 14.3. The van der Waals surface area contributed by atoms with Gasteiger partial charge >= 0.3 is 5.97 Å². The number of aromatic nitrogens is 2. The molecule has 0 aliphatic heterocycles. The molecular weight excluding hydrogens is 554 g/mol. The van der Waals surface area contributed by atoms with Gasteiger partial charge in [-0.25, -0.2) is 13.2 Å². The molecule has 0 aliphatic carbocycles. The lowest BCUT2D eigenvalue weighted by Crippen LogP contribution is -2.20. The molecule has 0 saturated heterocycles. The van der Waals surface area contributed by atoms with E-state index in [0.717, 1.165) is 16.0 Å². The Kier molecular flexibility index (Phi) is 8.03. The molecule has 9 nitrogen and oxygen atoms in total. The van der Waals surface area contributed by atoms with Gasteiger partial charge in [0.05, 0.1) is 12.0 Å². The number of carbonyl (C=O) groups excluding carboxylic acids is 1. The predicted octanol–water partition coefficient (Wildman–Crippen LogP) is 5.56. The molecule has 0 atom stereocenters. The summed E-state index contributed by atoms with van der Waals surface area (Å²) in [5.41, 5.74) is 2.59. The first kappa shape index (κ1) is 26.5. The number of hydrogen-bond donors (Lipinski definition) is 3. The van der Waals surface area contributed by atoms with Crippen molar-refractivity contribution >= 4 is 72.8 Å². The van der Waals surface area contributed by atoms with Crippen LogP contribution >= 0.6 is 35.2 Å². The molecule has 2 heterocycles. The minimum Gasteiger partial charge on any atom is -0.465 e. The maximum Gasteiger partial charge on any atom is 0.341 e. The third-order valence-electron chi connectivity index (χ3n) is 5.06. The molecule has 37 heavy (non-hydrogen) atoms. The standard InChI is InChI=1S/C24H20ClN5O4S3/c1-14-20(15-6-4-3-5-7-15)21(23(31)34-2)22(36-14)27-24(35)26-16-8-10-17(11-9-16)37(32,33)30-19-13-12-18(25)28-29-19/h3-13H,1-2H3,(H,29,30)(H2,26,27,35). The Balaban J connectivity index is 1.50. The number of aryl methyl sites for hydroxylation is 1. The summed E-state index contributed by atoms with van der Waals surface area (Å²) < 4.78 is 32.6. The molecule has 4 rings (SSSR count). The highest BCUT2D eigenvalue weighted by molar-refractivity contribution is 7.92. The van der Waals surface area contributed by atoms with Crippen LogP contribution in [-0.2, 0) is 14.8 Å². The Labute approximate surface area is 227 Å². The monoisotopic (exact) mass is 573 g/mol. The third-order valence-corrected chi connectivity index (χ3v) is 7.85. The van der Waals surface area contributed by atoms with Gasteiger partial charge in [0.1, 0.15) is 10.6 Å². The highest BCUT2D eigenvalue weighted by atomic mass is 35.5. The highest BCUT2D eigenvalue weighted by Gasteiger charge is 2.24. The predicted molar refractivity (Wildman–Crippen MR) is 150 cm³/mol. The fourth-order valence-corrected chi connectivity index (χ4v) is 5.88. The highest BCUT2D eigenvalue weighted by Crippen LogP contribution is 2.40. The molecule has 0 spiro atoms. The van der Waals surface area contributed by atoms with E-state index in [4.69, 9.17) is 28.6 Å². The van der Waals surface area contributed by atoms with Crippen LogP contribution in [0.3, 0.4) is 0 Å². The van der Waals surface area contributed by atoms with Crippen molar-refractivity contribution in [3.05, 3.63) is 82.3 Å². The Morgan fingerprint density at radius 3 is 2.32 bits per heavy atom. The fourth-order valence-electron chi connectivity index (χ4n) is 3.43. The zero-order valence-corrected chi connectivity index (χ0v) is 22.7. The number of ether oxygens (including phenoxy) is 1. The summed E-state index contributed by atoms with van der Waals surface area (Å²) in [6.45, 7) is 1.92. The number of methoxy groups -OCH3 is 1. The zero-order chi connectivity index (χ0) is 26.6. The van der Waals surface area contributed by atoms with Crippen LogP contribution in [0.1, 0.15) is 15.2 Å². The summed E-state index contributed by atoms with van der Waals surface area (Å²) in [6, 6.07) is 18.3. The van der Waals surface area contributed by atoms with Crippen molar-refractivity contribution in [2.24, 2.45) is 0 Å². The van der Waals surface area contributed by atoms with Gasteiger partial charge in [-0.3, -0.25) is 4.72 Å². The number of benzene rings is 2. The first-order valence-electron chi connectivity index (χ1n) is 10.6. The van der Waals surface area contributed by atoms with Crippen LogP contribution in [0.5, 0.6) is 0 Å². The Morgan fingerprint density at radius 2 is 1.70 bits per heavy atom. The van der Waals surface area contributed by atoms with E-state index in [1.807, 2.05) is 37.3 Å². The second-order valence-electron chi connectivity index (χ2n) is 7.55. The zero-order valence-electron chi connectivity index (χ0n) is 19.5. The van der Waals surface area contributed by atoms with Crippen LogP contribution in [0.15, 0.2) is 71.6 Å². The number of nitrogens with zero attached hydrogens (tertiary/aromatic N) is 2. The molecule has 13 heteroatoms. The topological polar surface area (TPSA) is 122 Å². The molecule has 0 unspecified atom stereocenters. The number of esters is 1. The van der Waals surface area contributed by atoms with Gasteiger partial charge in [0.25, 0.3) is 10.0 Å². The molecule has 0 aliphatic rings. The van der Waals surface area contributed by atoms with E-state index in [1.54, 1.807) is 12.1 Å². The molecule has 190 valence electrons. The van der Waals surface area contributed by atoms with E-state index in [9.17, 15) is 13.2 Å². The first-order chi connectivity index (χ1) is 17.7. The molecule has 2 aromatic carbocycles. The maximum absolute atomic E-state index is 12.7. The molecular formula is C24H20ClN5O4S3. The van der Waals surface area contributed by atoms with Gasteiger partial charge in [-0.1, -0.05) is 41.9 Å². The molecule has 0 amide bonds. The Bertz CT molecular complexity index is 1540. The quantitative estimate of drug-likeness (QED) is 0.192. The van der Waals surface area contributed by atoms with Crippen LogP contribution in [0.4, 0.5) is 16.5 Å². The third kappa shape index (κ3) is 6.23. The Morgan fingerprint density at radius 1 is 1.00 bits per heavy atom. The summed E-state index contributed by atoms with van der Waals surface area (Å²) in [4.78, 5) is 13.6. The van der Waals surface area contributed by atoms with Crippen molar-refractivity contribution in [2.45, 2.75) is 11.8 Å². The van der Waals surface area contributed by atoms with E-state index >= 15 is 0 Å². The number of sulfonamides is 1. The lowest BCUT2D eigenvalue weighted by Gasteiger charge is -2.12. The number of carbonyl (C=O) groups is 1. The van der Waals surface area contributed by atoms with Crippen molar-refractivity contribution in [3.8, 4) is 11.1 Å². The van der Waals surface area contributed by atoms with Gasteiger partial charge in [0.15, 0.2) is 16.1 Å². The molecule has 0 fully saturated rings. The number of thiocarbonyl (C=S) groups is 1. The Hall–Kier alpha value is -3.58. The van der Waals surface area contributed by atoms with Crippen LogP contribution in [-0.4, -0.2) is 36.8 Å². The van der Waals surface area contributed by atoms with Crippen molar-refractivity contribution < 1.29 is 17.9 Å². The number of anilines is 3. The number of thiophene rings is 1. The lowest BCUT2D eigenvalue weighted by atomic mass is 10.0. The molecule has 0 bridgehead atoms. The van der Waals surface area contributed by atoms with Crippen LogP contribution in [0.25, 0.3) is 11.1 Å². The fraction of sp³-hybridized carbons (Fsp3) is 0.0833. The number of hydrogen-bond acceptors (Lipinski definition) is 8.